The van der Waals surface area contributed by atoms with E-state index in [2.05, 4.69) is 13.8 Å². The van der Waals surface area contributed by atoms with E-state index in [1.54, 1.807) is 0 Å². The molecule has 0 saturated carbocycles. The third-order valence-electron chi connectivity index (χ3n) is 1.60. The van der Waals surface area contributed by atoms with Crippen LogP contribution in [-0.4, -0.2) is 0 Å². The fourth-order valence-electron chi connectivity index (χ4n) is 0.839. The van der Waals surface area contributed by atoms with Crippen LogP contribution in [0.25, 0.3) is 0 Å². The topological polar surface area (TPSA) is 9.23 Å². The highest BCUT2D eigenvalue weighted by Gasteiger charge is 1.96. The Balaban J connectivity index is 4.00. The first-order valence-electron chi connectivity index (χ1n) is 4.26. The van der Waals surface area contributed by atoms with Gasteiger partial charge in [0.05, 0.1) is 11.5 Å². The van der Waals surface area contributed by atoms with Crippen LogP contribution in [0, 0.1) is 0 Å². The third-order valence-corrected chi connectivity index (χ3v) is 1.60. The molecule has 0 aliphatic heterocycles. The molecule has 0 heterocycles. The van der Waals surface area contributed by atoms with Gasteiger partial charge in [0, 0.05) is 12.8 Å². The molecule has 0 aliphatic rings. The lowest BCUT2D eigenvalue weighted by Crippen LogP contribution is -1.90. The van der Waals surface area contributed by atoms with Gasteiger partial charge >= 0.3 is 0 Å². The first kappa shape index (κ1) is 10.3. The molecule has 0 radical (unpaired) electrons. The van der Waals surface area contributed by atoms with Crippen LogP contribution in [0.4, 0.5) is 0 Å². The quantitative estimate of drug-likeness (QED) is 0.562. The van der Waals surface area contributed by atoms with Gasteiger partial charge in [0.25, 0.3) is 0 Å². The minimum atomic E-state index is 0.966. The lowest BCUT2D eigenvalue weighted by atomic mass is 10.3. The Hall–Kier alpha value is -0.720. The van der Waals surface area contributed by atoms with Gasteiger partial charge in [-0.1, -0.05) is 13.8 Å². The lowest BCUT2D eigenvalue weighted by molar-refractivity contribution is 0.282. The maximum absolute atomic E-state index is 5.57. The fourth-order valence-corrected chi connectivity index (χ4v) is 0.839. The Kier molecular flexibility index (Phi) is 5.63. The molecule has 0 aromatic carbocycles. The summed E-state index contributed by atoms with van der Waals surface area (Å²) in [6.07, 6.45) is 5.96. The Morgan fingerprint density at radius 3 is 1.55 bits per heavy atom. The zero-order valence-electron chi connectivity index (χ0n) is 7.98. The summed E-state index contributed by atoms with van der Waals surface area (Å²) in [6.45, 7) is 8.19. The molecule has 0 amide bonds. The fraction of sp³-hybridized carbons (Fsp3) is 0.600. The van der Waals surface area contributed by atoms with E-state index in [4.69, 9.17) is 4.74 Å². The van der Waals surface area contributed by atoms with Crippen molar-refractivity contribution in [3.8, 4) is 0 Å². The molecular formula is C10H18O. The summed E-state index contributed by atoms with van der Waals surface area (Å²) in [4.78, 5) is 0. The molecular weight excluding hydrogens is 136 g/mol. The molecule has 0 rings (SSSR count). The van der Waals surface area contributed by atoms with Crippen molar-refractivity contribution in [3.63, 3.8) is 0 Å². The van der Waals surface area contributed by atoms with Crippen molar-refractivity contribution in [2.75, 3.05) is 0 Å². The van der Waals surface area contributed by atoms with Gasteiger partial charge in [-0.25, -0.2) is 0 Å². The number of rotatable bonds is 4. The van der Waals surface area contributed by atoms with Crippen LogP contribution in [0.3, 0.4) is 0 Å². The van der Waals surface area contributed by atoms with Gasteiger partial charge in [-0.05, 0) is 26.0 Å². The Morgan fingerprint density at radius 1 is 1.00 bits per heavy atom. The van der Waals surface area contributed by atoms with Crippen LogP contribution >= 0.6 is 0 Å². The van der Waals surface area contributed by atoms with Gasteiger partial charge in [0.1, 0.15) is 0 Å². The summed E-state index contributed by atoms with van der Waals surface area (Å²) in [6, 6.07) is 0. The Bertz CT molecular complexity index is 136. The number of allylic oxidation sites excluding steroid dienone is 4. The second-order valence-corrected chi connectivity index (χ2v) is 2.32. The molecule has 11 heavy (non-hydrogen) atoms. The third kappa shape index (κ3) is 3.87. The average molecular weight is 154 g/mol. The normalized spacial score (nSPS) is 13.5. The maximum Gasteiger partial charge on any atom is 0.0990 e. The molecule has 0 saturated heterocycles. The summed E-state index contributed by atoms with van der Waals surface area (Å²) in [7, 11) is 0. The molecule has 0 aromatic heterocycles. The first-order chi connectivity index (χ1) is 5.28. The van der Waals surface area contributed by atoms with Crippen LogP contribution in [0.2, 0.25) is 0 Å². The Labute approximate surface area is 69.8 Å². The summed E-state index contributed by atoms with van der Waals surface area (Å²) in [5.41, 5.74) is 0. The summed E-state index contributed by atoms with van der Waals surface area (Å²) < 4.78 is 5.57. The summed E-state index contributed by atoms with van der Waals surface area (Å²) in [5, 5.41) is 0. The second-order valence-electron chi connectivity index (χ2n) is 2.32. The molecule has 0 fully saturated rings. The van der Waals surface area contributed by atoms with Gasteiger partial charge in [0.15, 0.2) is 0 Å². The molecule has 64 valence electrons. The van der Waals surface area contributed by atoms with E-state index >= 15 is 0 Å². The van der Waals surface area contributed by atoms with E-state index in [1.807, 2.05) is 26.0 Å². The second kappa shape index (κ2) is 6.02. The smallest absolute Gasteiger partial charge is 0.0990 e. The van der Waals surface area contributed by atoms with Crippen molar-refractivity contribution in [3.05, 3.63) is 23.7 Å². The first-order valence-corrected chi connectivity index (χ1v) is 4.26. The van der Waals surface area contributed by atoms with E-state index in [0.29, 0.717) is 0 Å². The SMILES string of the molecule is CC=C(CC)OC(=CC)CC. The van der Waals surface area contributed by atoms with Crippen molar-refractivity contribution in [1.29, 1.82) is 0 Å². The average Bonchev–Trinajstić information content (AvgIpc) is 2.07. The molecule has 0 bridgehead atoms. The largest absolute Gasteiger partial charge is 0.467 e. The predicted octanol–water partition coefficient (Wildman–Crippen LogP) is 3.63. The minimum absolute atomic E-state index is 0.966. The highest BCUT2D eigenvalue weighted by Crippen LogP contribution is 2.11. The van der Waals surface area contributed by atoms with E-state index < -0.39 is 0 Å². The van der Waals surface area contributed by atoms with E-state index in [1.165, 1.54) is 0 Å². The predicted molar refractivity (Wildman–Crippen MR) is 49.2 cm³/mol. The lowest BCUT2D eigenvalue weighted by Gasteiger charge is -2.08. The number of ether oxygens (including phenoxy) is 1. The summed E-state index contributed by atoms with van der Waals surface area (Å²) in [5.74, 6) is 2.11. The van der Waals surface area contributed by atoms with Crippen molar-refractivity contribution < 1.29 is 4.74 Å². The van der Waals surface area contributed by atoms with Crippen LogP contribution < -0.4 is 0 Å². The summed E-state index contributed by atoms with van der Waals surface area (Å²) >= 11 is 0. The Morgan fingerprint density at radius 2 is 1.36 bits per heavy atom. The van der Waals surface area contributed by atoms with Crippen molar-refractivity contribution >= 4 is 0 Å². The highest BCUT2D eigenvalue weighted by atomic mass is 16.5. The molecule has 0 spiro atoms. The van der Waals surface area contributed by atoms with Crippen molar-refractivity contribution in [2.24, 2.45) is 0 Å². The number of hydrogen-bond donors (Lipinski definition) is 0. The van der Waals surface area contributed by atoms with Gasteiger partial charge in [-0.3, -0.25) is 0 Å². The van der Waals surface area contributed by atoms with E-state index in [9.17, 15) is 0 Å². The zero-order valence-corrected chi connectivity index (χ0v) is 7.98. The molecule has 0 atom stereocenters. The molecule has 1 heteroatoms. The molecule has 0 unspecified atom stereocenters. The van der Waals surface area contributed by atoms with Crippen molar-refractivity contribution in [2.45, 2.75) is 40.5 Å². The van der Waals surface area contributed by atoms with E-state index in [0.717, 1.165) is 24.4 Å². The molecule has 0 aliphatic carbocycles. The van der Waals surface area contributed by atoms with Crippen LogP contribution in [0.5, 0.6) is 0 Å². The highest BCUT2D eigenvalue weighted by molar-refractivity contribution is 4.99. The minimum Gasteiger partial charge on any atom is -0.467 e. The number of hydrogen-bond acceptors (Lipinski definition) is 1. The maximum atomic E-state index is 5.57. The van der Waals surface area contributed by atoms with Gasteiger partial charge in [-0.2, -0.15) is 0 Å². The van der Waals surface area contributed by atoms with Gasteiger partial charge in [-0.15, -0.1) is 0 Å². The van der Waals surface area contributed by atoms with Crippen molar-refractivity contribution in [1.82, 2.24) is 0 Å². The van der Waals surface area contributed by atoms with Gasteiger partial charge in [0.2, 0.25) is 0 Å². The van der Waals surface area contributed by atoms with E-state index in [-0.39, 0.29) is 0 Å². The monoisotopic (exact) mass is 154 g/mol. The van der Waals surface area contributed by atoms with Crippen LogP contribution in [-0.2, 0) is 4.74 Å². The molecule has 1 nitrogen and oxygen atoms in total. The molecule has 0 N–H and O–H groups in total. The van der Waals surface area contributed by atoms with Crippen LogP contribution in [0.1, 0.15) is 40.5 Å². The van der Waals surface area contributed by atoms with Gasteiger partial charge < -0.3 is 4.74 Å². The zero-order chi connectivity index (χ0) is 8.69. The standard InChI is InChI=1S/C10H18O/c1-5-9(6-2)11-10(7-3)8-4/h5,7H,6,8H2,1-4H3. The van der Waals surface area contributed by atoms with Crippen LogP contribution in [0.15, 0.2) is 23.7 Å². The molecule has 0 aromatic rings.